The highest BCUT2D eigenvalue weighted by Gasteiger charge is 2.31. The van der Waals surface area contributed by atoms with Gasteiger partial charge < -0.3 is 20.6 Å². The molecule has 1 aliphatic heterocycles. The standard InChI is InChI=1S/C15H27N3O4/c1-10(2)13(19)16-5-4-6-17-15(22)18-8-11(3)7-12(9-18)14(20)21/h10-12H,4-9H2,1-3H3,(H,16,19)(H,17,22)(H,20,21). The van der Waals surface area contributed by atoms with Gasteiger partial charge in [0.2, 0.25) is 5.91 Å². The first-order valence-electron chi connectivity index (χ1n) is 7.84. The predicted molar refractivity (Wildman–Crippen MR) is 82.3 cm³/mol. The average molecular weight is 313 g/mol. The predicted octanol–water partition coefficient (Wildman–Crippen LogP) is 0.901. The maximum Gasteiger partial charge on any atom is 0.317 e. The van der Waals surface area contributed by atoms with Crippen molar-refractivity contribution < 1.29 is 19.5 Å². The number of rotatable bonds is 6. The molecule has 3 amide bonds. The van der Waals surface area contributed by atoms with Crippen molar-refractivity contribution in [1.82, 2.24) is 15.5 Å². The Bertz CT molecular complexity index is 412. The van der Waals surface area contributed by atoms with Crippen LogP contribution in [0.5, 0.6) is 0 Å². The number of urea groups is 1. The van der Waals surface area contributed by atoms with Crippen LogP contribution in [0.25, 0.3) is 0 Å². The maximum absolute atomic E-state index is 12.1. The summed E-state index contributed by atoms with van der Waals surface area (Å²) in [6.45, 7) is 7.43. The number of likely N-dealkylation sites (tertiary alicyclic amines) is 1. The summed E-state index contributed by atoms with van der Waals surface area (Å²) in [5, 5.41) is 14.7. The number of carbonyl (C=O) groups excluding carboxylic acids is 2. The molecule has 0 aliphatic carbocycles. The van der Waals surface area contributed by atoms with E-state index in [0.717, 1.165) is 0 Å². The minimum absolute atomic E-state index is 0.000446. The number of nitrogens with zero attached hydrogens (tertiary/aromatic N) is 1. The highest BCUT2D eigenvalue weighted by molar-refractivity contribution is 5.78. The number of aliphatic carboxylic acids is 1. The van der Waals surface area contributed by atoms with E-state index < -0.39 is 11.9 Å². The number of carboxylic acids is 1. The summed E-state index contributed by atoms with van der Waals surface area (Å²) in [4.78, 5) is 36.1. The molecule has 7 nitrogen and oxygen atoms in total. The highest BCUT2D eigenvalue weighted by Crippen LogP contribution is 2.21. The third-order valence-electron chi connectivity index (χ3n) is 3.75. The van der Waals surface area contributed by atoms with Gasteiger partial charge in [0.1, 0.15) is 0 Å². The molecule has 0 aromatic rings. The van der Waals surface area contributed by atoms with Crippen LogP contribution in [0.15, 0.2) is 0 Å². The molecule has 0 aromatic carbocycles. The fourth-order valence-electron chi connectivity index (χ4n) is 2.51. The van der Waals surface area contributed by atoms with Crippen LogP contribution in [0, 0.1) is 17.8 Å². The zero-order chi connectivity index (χ0) is 16.7. The molecular formula is C15H27N3O4. The van der Waals surface area contributed by atoms with Crippen molar-refractivity contribution in [3.05, 3.63) is 0 Å². The second kappa shape index (κ2) is 8.60. The van der Waals surface area contributed by atoms with E-state index in [1.54, 1.807) is 4.90 Å². The lowest BCUT2D eigenvalue weighted by atomic mass is 9.91. The lowest BCUT2D eigenvalue weighted by Crippen LogP contribution is -2.49. The number of carboxylic acid groups (broad SMARTS) is 1. The largest absolute Gasteiger partial charge is 0.481 e. The van der Waals surface area contributed by atoms with Gasteiger partial charge in [-0.2, -0.15) is 0 Å². The quantitative estimate of drug-likeness (QED) is 0.634. The van der Waals surface area contributed by atoms with Crippen molar-refractivity contribution in [2.75, 3.05) is 26.2 Å². The number of piperidine rings is 1. The van der Waals surface area contributed by atoms with Gasteiger partial charge in [0.25, 0.3) is 0 Å². The van der Waals surface area contributed by atoms with E-state index in [1.165, 1.54) is 0 Å². The third-order valence-corrected chi connectivity index (χ3v) is 3.75. The van der Waals surface area contributed by atoms with Gasteiger partial charge in [-0.1, -0.05) is 20.8 Å². The summed E-state index contributed by atoms with van der Waals surface area (Å²) in [5.74, 6) is -1.19. The van der Waals surface area contributed by atoms with Gasteiger partial charge in [-0.05, 0) is 18.8 Å². The van der Waals surface area contributed by atoms with Crippen LogP contribution in [0.1, 0.15) is 33.6 Å². The molecule has 0 radical (unpaired) electrons. The topological polar surface area (TPSA) is 98.7 Å². The molecular weight excluding hydrogens is 286 g/mol. The highest BCUT2D eigenvalue weighted by atomic mass is 16.4. The monoisotopic (exact) mass is 313 g/mol. The second-order valence-electron chi connectivity index (χ2n) is 6.31. The molecule has 0 bridgehead atoms. The number of amides is 3. The Kier molecular flexibility index (Phi) is 7.14. The summed E-state index contributed by atoms with van der Waals surface area (Å²) >= 11 is 0. The van der Waals surface area contributed by atoms with Gasteiger partial charge in [0.15, 0.2) is 0 Å². The van der Waals surface area contributed by atoms with Crippen molar-refractivity contribution in [2.24, 2.45) is 17.8 Å². The molecule has 1 fully saturated rings. The van der Waals surface area contributed by atoms with Gasteiger partial charge in [-0.25, -0.2) is 4.79 Å². The Hall–Kier alpha value is -1.79. The van der Waals surface area contributed by atoms with Gasteiger partial charge in [-0.3, -0.25) is 9.59 Å². The molecule has 0 saturated carbocycles. The number of carbonyl (C=O) groups is 3. The first-order chi connectivity index (χ1) is 10.3. The van der Waals surface area contributed by atoms with Crippen LogP contribution in [0.2, 0.25) is 0 Å². The molecule has 1 heterocycles. The molecule has 7 heteroatoms. The summed E-state index contributed by atoms with van der Waals surface area (Å²) in [6, 6.07) is -0.229. The van der Waals surface area contributed by atoms with Crippen molar-refractivity contribution in [3.8, 4) is 0 Å². The Morgan fingerprint density at radius 2 is 1.82 bits per heavy atom. The number of hydrogen-bond donors (Lipinski definition) is 3. The van der Waals surface area contributed by atoms with E-state index in [1.807, 2.05) is 20.8 Å². The van der Waals surface area contributed by atoms with Crippen LogP contribution in [-0.2, 0) is 9.59 Å². The van der Waals surface area contributed by atoms with Crippen molar-refractivity contribution in [2.45, 2.75) is 33.6 Å². The average Bonchev–Trinajstić information content (AvgIpc) is 2.45. The molecule has 2 atom stereocenters. The smallest absolute Gasteiger partial charge is 0.317 e. The van der Waals surface area contributed by atoms with Gasteiger partial charge in [0.05, 0.1) is 5.92 Å². The van der Waals surface area contributed by atoms with Crippen molar-refractivity contribution in [1.29, 1.82) is 0 Å². The minimum Gasteiger partial charge on any atom is -0.481 e. The normalized spacial score (nSPS) is 21.5. The fraction of sp³-hybridized carbons (Fsp3) is 0.800. The summed E-state index contributed by atoms with van der Waals surface area (Å²) in [6.07, 6.45) is 1.26. The van der Waals surface area contributed by atoms with Crippen LogP contribution in [-0.4, -0.2) is 54.1 Å². The van der Waals surface area contributed by atoms with Crippen LogP contribution in [0.4, 0.5) is 4.79 Å². The first kappa shape index (κ1) is 18.3. The lowest BCUT2D eigenvalue weighted by Gasteiger charge is -2.34. The third kappa shape index (κ3) is 5.91. The van der Waals surface area contributed by atoms with Gasteiger partial charge in [-0.15, -0.1) is 0 Å². The van der Waals surface area contributed by atoms with Crippen LogP contribution >= 0.6 is 0 Å². The molecule has 0 spiro atoms. The molecule has 1 rings (SSSR count). The number of nitrogens with one attached hydrogen (secondary N) is 2. The maximum atomic E-state index is 12.1. The van der Waals surface area contributed by atoms with E-state index in [0.29, 0.717) is 32.5 Å². The Labute approximate surface area is 131 Å². The summed E-state index contributed by atoms with van der Waals surface area (Å²) in [7, 11) is 0. The van der Waals surface area contributed by atoms with Crippen LogP contribution < -0.4 is 10.6 Å². The number of hydrogen-bond acceptors (Lipinski definition) is 3. The molecule has 2 unspecified atom stereocenters. The van der Waals surface area contributed by atoms with E-state index >= 15 is 0 Å². The molecule has 3 N–H and O–H groups in total. The molecule has 22 heavy (non-hydrogen) atoms. The molecule has 126 valence electrons. The zero-order valence-electron chi connectivity index (χ0n) is 13.6. The zero-order valence-corrected chi connectivity index (χ0v) is 13.6. The van der Waals surface area contributed by atoms with Crippen molar-refractivity contribution in [3.63, 3.8) is 0 Å². The van der Waals surface area contributed by atoms with Crippen LogP contribution in [0.3, 0.4) is 0 Å². The molecule has 1 aliphatic rings. The SMILES string of the molecule is CC1CC(C(=O)O)CN(C(=O)NCCCNC(=O)C(C)C)C1. The van der Waals surface area contributed by atoms with Gasteiger partial charge in [0, 0.05) is 32.1 Å². The fourth-order valence-corrected chi connectivity index (χ4v) is 2.51. The molecule has 0 aromatic heterocycles. The van der Waals surface area contributed by atoms with E-state index in [4.69, 9.17) is 5.11 Å². The lowest BCUT2D eigenvalue weighted by molar-refractivity contribution is -0.143. The first-order valence-corrected chi connectivity index (χ1v) is 7.84. The van der Waals surface area contributed by atoms with Gasteiger partial charge >= 0.3 is 12.0 Å². The summed E-state index contributed by atoms with van der Waals surface area (Å²) in [5.41, 5.74) is 0. The van der Waals surface area contributed by atoms with Crippen molar-refractivity contribution >= 4 is 17.9 Å². The summed E-state index contributed by atoms with van der Waals surface area (Å²) < 4.78 is 0. The van der Waals surface area contributed by atoms with E-state index in [9.17, 15) is 14.4 Å². The van der Waals surface area contributed by atoms with E-state index in [-0.39, 0.29) is 30.3 Å². The Balaban J connectivity index is 2.27. The Morgan fingerprint density at radius 1 is 1.18 bits per heavy atom. The van der Waals surface area contributed by atoms with E-state index in [2.05, 4.69) is 10.6 Å². The molecule has 1 saturated heterocycles. The Morgan fingerprint density at radius 3 is 2.41 bits per heavy atom. The minimum atomic E-state index is -0.847. The second-order valence-corrected chi connectivity index (χ2v) is 6.31.